The molecule has 0 aliphatic rings. The van der Waals surface area contributed by atoms with Gasteiger partial charge in [-0.05, 0) is 35.2 Å². The molecular weight excluding hydrogens is 442 g/mol. The largest absolute Gasteiger partial charge is 0.456 e. The first-order chi connectivity index (χ1) is 16.2. The van der Waals surface area contributed by atoms with Gasteiger partial charge in [0, 0.05) is 11.6 Å². The number of fused-ring (bicyclic) bond motifs is 1. The van der Waals surface area contributed by atoms with E-state index in [0.29, 0.717) is 5.56 Å². The number of nitrogens with zero attached hydrogens (tertiary/aromatic N) is 2. The van der Waals surface area contributed by atoms with Gasteiger partial charge in [-0.25, -0.2) is 4.79 Å². The summed E-state index contributed by atoms with van der Waals surface area (Å²) in [5, 5.41) is 27.0. The summed E-state index contributed by atoms with van der Waals surface area (Å²) in [6, 6.07) is 14.8. The number of rotatable bonds is 10. The van der Waals surface area contributed by atoms with Crippen LogP contribution in [0, 0.1) is 26.1 Å². The van der Waals surface area contributed by atoms with E-state index in [1.165, 1.54) is 6.07 Å². The molecule has 0 amide bonds. The quantitative estimate of drug-likeness (QED) is 0.193. The fraction of sp³-hybridized carbons (Fsp3) is 0.250. The van der Waals surface area contributed by atoms with Crippen molar-refractivity contribution in [2.75, 3.05) is 11.9 Å². The number of nitro groups is 2. The molecule has 34 heavy (non-hydrogen) atoms. The highest BCUT2D eigenvalue weighted by atomic mass is 16.6. The van der Waals surface area contributed by atoms with Crippen molar-refractivity contribution in [1.29, 1.82) is 0 Å². The summed E-state index contributed by atoms with van der Waals surface area (Å²) in [7, 11) is 0. The number of ketones is 1. The molecule has 0 fully saturated rings. The van der Waals surface area contributed by atoms with Crippen molar-refractivity contribution in [2.24, 2.45) is 5.92 Å². The van der Waals surface area contributed by atoms with Gasteiger partial charge >= 0.3 is 5.97 Å². The van der Waals surface area contributed by atoms with Crippen molar-refractivity contribution < 1.29 is 24.2 Å². The van der Waals surface area contributed by atoms with Crippen molar-refractivity contribution in [1.82, 2.24) is 0 Å². The van der Waals surface area contributed by atoms with Gasteiger partial charge in [0.15, 0.2) is 12.4 Å². The molecule has 0 saturated heterocycles. The Morgan fingerprint density at radius 2 is 1.65 bits per heavy atom. The number of ether oxygens (including phenoxy) is 1. The van der Waals surface area contributed by atoms with Crippen molar-refractivity contribution in [3.05, 3.63) is 86.5 Å². The molecule has 1 N–H and O–H groups in total. The van der Waals surface area contributed by atoms with Crippen molar-refractivity contribution >= 4 is 39.6 Å². The smallest absolute Gasteiger partial charge is 0.329 e. The van der Waals surface area contributed by atoms with Crippen LogP contribution in [0.2, 0.25) is 0 Å². The molecule has 0 spiro atoms. The third kappa shape index (κ3) is 5.91. The van der Waals surface area contributed by atoms with Crippen LogP contribution in [0.4, 0.5) is 17.1 Å². The van der Waals surface area contributed by atoms with Gasteiger partial charge in [-0.3, -0.25) is 25.0 Å². The molecule has 10 heteroatoms. The van der Waals surface area contributed by atoms with E-state index in [-0.39, 0.29) is 23.8 Å². The third-order valence-corrected chi connectivity index (χ3v) is 5.13. The van der Waals surface area contributed by atoms with E-state index in [4.69, 9.17) is 4.74 Å². The number of anilines is 1. The van der Waals surface area contributed by atoms with E-state index in [1.807, 2.05) is 38.1 Å². The molecule has 0 aliphatic carbocycles. The summed E-state index contributed by atoms with van der Waals surface area (Å²) in [5.41, 5.74) is -0.644. The number of esters is 1. The maximum atomic E-state index is 12.8. The second-order valence-corrected chi connectivity index (χ2v) is 8.13. The number of nitro benzene ring substituents is 2. The summed E-state index contributed by atoms with van der Waals surface area (Å²) >= 11 is 0. The van der Waals surface area contributed by atoms with Crippen LogP contribution in [-0.2, 0) is 9.53 Å². The molecule has 3 aromatic rings. The maximum absolute atomic E-state index is 12.8. The summed E-state index contributed by atoms with van der Waals surface area (Å²) in [6.45, 7) is 3.22. The number of non-ortho nitro benzene ring substituents is 1. The average Bonchev–Trinajstić information content (AvgIpc) is 2.81. The average molecular weight is 465 g/mol. The molecule has 10 nitrogen and oxygen atoms in total. The Balaban J connectivity index is 1.74. The molecule has 176 valence electrons. The predicted molar refractivity (Wildman–Crippen MR) is 126 cm³/mol. The Morgan fingerprint density at radius 3 is 2.29 bits per heavy atom. The second kappa shape index (κ2) is 10.5. The fourth-order valence-electron chi connectivity index (χ4n) is 3.46. The molecule has 1 atom stereocenters. The summed E-state index contributed by atoms with van der Waals surface area (Å²) in [5.74, 6) is -1.13. The minimum absolute atomic E-state index is 0.0124. The van der Waals surface area contributed by atoms with Gasteiger partial charge in [-0.15, -0.1) is 0 Å². The first kappa shape index (κ1) is 24.3. The molecule has 0 unspecified atom stereocenters. The van der Waals surface area contributed by atoms with Crippen LogP contribution >= 0.6 is 0 Å². The molecule has 0 bridgehead atoms. The summed E-state index contributed by atoms with van der Waals surface area (Å²) < 4.78 is 5.24. The SMILES string of the molecule is CC(C)C[C@@H](Nc1ccc([N+](=O)[O-])cc1[N+](=O)[O-])C(=O)OCC(=O)c1ccc2ccccc2c1. The summed E-state index contributed by atoms with van der Waals surface area (Å²) in [6.07, 6.45) is 0.261. The van der Waals surface area contributed by atoms with Crippen LogP contribution < -0.4 is 5.32 Å². The zero-order valence-electron chi connectivity index (χ0n) is 18.6. The fourth-order valence-corrected chi connectivity index (χ4v) is 3.46. The van der Waals surface area contributed by atoms with Crippen molar-refractivity contribution in [2.45, 2.75) is 26.3 Å². The second-order valence-electron chi connectivity index (χ2n) is 8.13. The first-order valence-electron chi connectivity index (χ1n) is 10.5. The Morgan fingerprint density at radius 1 is 0.941 bits per heavy atom. The van der Waals surface area contributed by atoms with Gasteiger partial charge in [0.25, 0.3) is 11.4 Å². The zero-order chi connectivity index (χ0) is 24.8. The van der Waals surface area contributed by atoms with E-state index in [2.05, 4.69) is 5.32 Å². The number of benzene rings is 3. The maximum Gasteiger partial charge on any atom is 0.329 e. The predicted octanol–water partition coefficient (Wildman–Crippen LogP) is 4.91. The van der Waals surface area contributed by atoms with E-state index < -0.39 is 39.8 Å². The van der Waals surface area contributed by atoms with Gasteiger partial charge in [-0.1, -0.05) is 50.2 Å². The number of Topliss-reactive ketones (excluding diaryl/α,β-unsaturated/α-hetero) is 1. The number of carbonyl (C=O) groups excluding carboxylic acids is 2. The van der Waals surface area contributed by atoms with Crippen LogP contribution in [0.1, 0.15) is 30.6 Å². The van der Waals surface area contributed by atoms with Gasteiger partial charge in [0.1, 0.15) is 11.7 Å². The Hall–Kier alpha value is -4.34. The van der Waals surface area contributed by atoms with Crippen LogP contribution in [0.5, 0.6) is 0 Å². The number of hydrogen-bond acceptors (Lipinski definition) is 8. The van der Waals surface area contributed by atoms with Gasteiger partial charge < -0.3 is 10.1 Å². The lowest BCUT2D eigenvalue weighted by molar-refractivity contribution is -0.393. The molecule has 3 rings (SSSR count). The first-order valence-corrected chi connectivity index (χ1v) is 10.5. The van der Waals surface area contributed by atoms with E-state index >= 15 is 0 Å². The van der Waals surface area contributed by atoms with Gasteiger partial charge in [0.2, 0.25) is 0 Å². The van der Waals surface area contributed by atoms with Gasteiger partial charge in [0.05, 0.1) is 15.9 Å². The van der Waals surface area contributed by atoms with E-state index in [0.717, 1.165) is 22.9 Å². The van der Waals surface area contributed by atoms with Crippen LogP contribution in [0.3, 0.4) is 0 Å². The molecule has 3 aromatic carbocycles. The Bertz CT molecular complexity index is 1260. The molecule has 0 heterocycles. The Labute approximate surface area is 194 Å². The highest BCUT2D eigenvalue weighted by Crippen LogP contribution is 2.30. The molecule has 0 aromatic heterocycles. The number of nitrogens with one attached hydrogen (secondary N) is 1. The topological polar surface area (TPSA) is 142 Å². The third-order valence-electron chi connectivity index (χ3n) is 5.13. The van der Waals surface area contributed by atoms with Crippen LogP contribution in [0.25, 0.3) is 10.8 Å². The minimum Gasteiger partial charge on any atom is -0.456 e. The molecule has 0 radical (unpaired) electrons. The number of carbonyl (C=O) groups is 2. The lowest BCUT2D eigenvalue weighted by atomic mass is 10.0. The highest BCUT2D eigenvalue weighted by molar-refractivity contribution is 6.01. The normalized spacial score (nSPS) is 11.7. The summed E-state index contributed by atoms with van der Waals surface area (Å²) in [4.78, 5) is 46.2. The zero-order valence-corrected chi connectivity index (χ0v) is 18.6. The minimum atomic E-state index is -0.996. The molecular formula is C24H23N3O7. The molecule has 0 aliphatic heterocycles. The monoisotopic (exact) mass is 465 g/mol. The van der Waals surface area contributed by atoms with E-state index in [9.17, 15) is 29.8 Å². The Kier molecular flexibility index (Phi) is 7.52. The molecule has 0 saturated carbocycles. The van der Waals surface area contributed by atoms with Gasteiger partial charge in [-0.2, -0.15) is 0 Å². The standard InChI is InChI=1S/C24H23N3O7/c1-15(2)11-21(25-20-10-9-19(26(30)31)13-22(20)27(32)33)24(29)34-14-23(28)18-8-7-16-5-3-4-6-17(16)12-18/h3-10,12-13,15,21,25H,11,14H2,1-2H3/t21-/m1/s1. The van der Waals surface area contributed by atoms with E-state index in [1.54, 1.807) is 18.2 Å². The van der Waals surface area contributed by atoms with Crippen LogP contribution in [-0.4, -0.2) is 34.2 Å². The van der Waals surface area contributed by atoms with Crippen molar-refractivity contribution in [3.8, 4) is 0 Å². The van der Waals surface area contributed by atoms with Crippen LogP contribution in [0.15, 0.2) is 60.7 Å². The van der Waals surface area contributed by atoms with Crippen molar-refractivity contribution in [3.63, 3.8) is 0 Å². The lowest BCUT2D eigenvalue weighted by Crippen LogP contribution is -2.34. The lowest BCUT2D eigenvalue weighted by Gasteiger charge is -2.20. The highest BCUT2D eigenvalue weighted by Gasteiger charge is 2.27. The number of hydrogen-bond donors (Lipinski definition) is 1.